The molecule has 0 N–H and O–H groups in total. The van der Waals surface area contributed by atoms with E-state index >= 15 is 0 Å². The first kappa shape index (κ1) is 16.9. The van der Waals surface area contributed by atoms with E-state index in [0.29, 0.717) is 13.2 Å². The van der Waals surface area contributed by atoms with Crippen LogP contribution in [0.2, 0.25) is 18.1 Å². The molecule has 1 aromatic rings. The van der Waals surface area contributed by atoms with Gasteiger partial charge in [-0.3, -0.25) is 4.79 Å². The normalized spacial score (nSPS) is 11.4. The van der Waals surface area contributed by atoms with Gasteiger partial charge in [-0.25, -0.2) is 0 Å². The van der Waals surface area contributed by atoms with Gasteiger partial charge in [0.1, 0.15) is 6.61 Å². The van der Waals surface area contributed by atoms with Crippen LogP contribution in [-0.4, -0.2) is 14.3 Å². The van der Waals surface area contributed by atoms with Gasteiger partial charge in [0.15, 0.2) is 8.32 Å². The Labute approximate surface area is 123 Å². The number of rotatable bonds is 8. The average Bonchev–Trinajstić information content (AvgIpc) is 2.48. The monoisotopic (exact) mass is 294 g/mol. The van der Waals surface area contributed by atoms with Gasteiger partial charge in [0.05, 0.1) is 6.61 Å². The maximum Gasteiger partial charge on any atom is 0.302 e. The van der Waals surface area contributed by atoms with Crippen molar-refractivity contribution in [2.24, 2.45) is 0 Å². The van der Waals surface area contributed by atoms with Crippen molar-refractivity contribution in [1.29, 1.82) is 0 Å². The summed E-state index contributed by atoms with van der Waals surface area (Å²) in [5.41, 5.74) is 2.19. The predicted molar refractivity (Wildman–Crippen MR) is 83.9 cm³/mol. The Morgan fingerprint density at radius 2 is 1.40 bits per heavy atom. The maximum absolute atomic E-state index is 10.8. The molecule has 0 spiro atoms. The van der Waals surface area contributed by atoms with Crippen LogP contribution in [0.15, 0.2) is 24.3 Å². The van der Waals surface area contributed by atoms with E-state index in [-0.39, 0.29) is 5.97 Å². The van der Waals surface area contributed by atoms with Crippen molar-refractivity contribution >= 4 is 14.3 Å². The minimum Gasteiger partial charge on any atom is -0.461 e. The van der Waals surface area contributed by atoms with E-state index in [1.165, 1.54) is 30.6 Å². The van der Waals surface area contributed by atoms with E-state index in [1.807, 2.05) is 12.1 Å². The molecule has 0 atom stereocenters. The van der Waals surface area contributed by atoms with Crippen LogP contribution in [0.5, 0.6) is 0 Å². The minimum atomic E-state index is -1.51. The highest BCUT2D eigenvalue weighted by Crippen LogP contribution is 2.23. The van der Waals surface area contributed by atoms with Crippen molar-refractivity contribution in [3.8, 4) is 0 Å². The molecule has 3 nitrogen and oxygen atoms in total. The number of benzene rings is 1. The third-order valence-corrected chi connectivity index (χ3v) is 8.57. The molecule has 0 aliphatic heterocycles. The number of ether oxygens (including phenoxy) is 1. The molecule has 0 aromatic heterocycles. The quantitative estimate of drug-likeness (QED) is 0.530. The zero-order chi connectivity index (χ0) is 15.0. The molecule has 1 aromatic carbocycles. The summed E-state index contributed by atoms with van der Waals surface area (Å²) < 4.78 is 11.2. The predicted octanol–water partition coefficient (Wildman–Crippen LogP) is 4.27. The topological polar surface area (TPSA) is 35.5 Å². The Kier molecular flexibility index (Phi) is 6.95. The van der Waals surface area contributed by atoms with Crippen LogP contribution < -0.4 is 0 Å². The zero-order valence-corrected chi connectivity index (χ0v) is 14.1. The second kappa shape index (κ2) is 8.22. The molecule has 0 saturated heterocycles. The van der Waals surface area contributed by atoms with Crippen molar-refractivity contribution in [3.63, 3.8) is 0 Å². The lowest BCUT2D eigenvalue weighted by Crippen LogP contribution is -2.35. The number of carbonyl (C=O) groups is 1. The van der Waals surface area contributed by atoms with E-state index in [4.69, 9.17) is 9.16 Å². The van der Waals surface area contributed by atoms with E-state index in [1.54, 1.807) is 0 Å². The highest BCUT2D eigenvalue weighted by Gasteiger charge is 2.28. The second-order valence-corrected chi connectivity index (χ2v) is 9.91. The lowest BCUT2D eigenvalue weighted by atomic mass is 10.1. The van der Waals surface area contributed by atoms with Gasteiger partial charge in [-0.2, -0.15) is 0 Å². The Bertz CT molecular complexity index is 402. The zero-order valence-electron chi connectivity index (χ0n) is 13.1. The van der Waals surface area contributed by atoms with Crippen LogP contribution in [0, 0.1) is 0 Å². The van der Waals surface area contributed by atoms with Gasteiger partial charge >= 0.3 is 5.97 Å². The fraction of sp³-hybridized carbons (Fsp3) is 0.562. The molecule has 0 amide bonds. The maximum atomic E-state index is 10.8. The lowest BCUT2D eigenvalue weighted by molar-refractivity contribution is -0.142. The van der Waals surface area contributed by atoms with Crippen molar-refractivity contribution in [3.05, 3.63) is 35.4 Å². The van der Waals surface area contributed by atoms with E-state index in [0.717, 1.165) is 5.56 Å². The number of hydrogen-bond donors (Lipinski definition) is 0. The van der Waals surface area contributed by atoms with Crippen LogP contribution in [0.1, 0.15) is 38.8 Å². The molecule has 0 radical (unpaired) electrons. The highest BCUT2D eigenvalue weighted by atomic mass is 28.4. The van der Waals surface area contributed by atoms with Crippen LogP contribution >= 0.6 is 0 Å². The first-order valence-corrected chi connectivity index (χ1v) is 9.93. The van der Waals surface area contributed by atoms with Gasteiger partial charge < -0.3 is 9.16 Å². The smallest absolute Gasteiger partial charge is 0.302 e. The largest absolute Gasteiger partial charge is 0.461 e. The molecule has 0 bridgehead atoms. The molecule has 0 aliphatic rings. The molecule has 4 heteroatoms. The Hall–Kier alpha value is -1.13. The molecule has 20 heavy (non-hydrogen) atoms. The molecule has 0 unspecified atom stereocenters. The molecule has 1 rings (SSSR count). The SMILES string of the molecule is CC[Si](CC)(CC)OCc1ccc(COC(C)=O)cc1. The van der Waals surface area contributed by atoms with Gasteiger partial charge in [0, 0.05) is 6.92 Å². The molecule has 0 heterocycles. The summed E-state index contributed by atoms with van der Waals surface area (Å²) in [4.78, 5) is 10.8. The number of carbonyl (C=O) groups excluding carboxylic acids is 1. The van der Waals surface area contributed by atoms with Crippen molar-refractivity contribution in [2.45, 2.75) is 59.0 Å². The molecule has 0 saturated carbocycles. The summed E-state index contributed by atoms with van der Waals surface area (Å²) >= 11 is 0. The van der Waals surface area contributed by atoms with E-state index < -0.39 is 8.32 Å². The summed E-state index contributed by atoms with van der Waals surface area (Å²) in [6.07, 6.45) is 0. The van der Waals surface area contributed by atoms with Crippen LogP contribution in [0.4, 0.5) is 0 Å². The first-order chi connectivity index (χ1) is 9.55. The van der Waals surface area contributed by atoms with Crippen LogP contribution in [0.25, 0.3) is 0 Å². The van der Waals surface area contributed by atoms with E-state index in [2.05, 4.69) is 32.9 Å². The number of hydrogen-bond acceptors (Lipinski definition) is 3. The summed E-state index contributed by atoms with van der Waals surface area (Å²) in [6.45, 7) is 9.17. The minimum absolute atomic E-state index is 0.248. The highest BCUT2D eigenvalue weighted by molar-refractivity contribution is 6.73. The Balaban J connectivity index is 2.55. The average molecular weight is 294 g/mol. The van der Waals surface area contributed by atoms with Crippen LogP contribution in [0.3, 0.4) is 0 Å². The second-order valence-electron chi connectivity index (χ2n) is 5.13. The summed E-state index contributed by atoms with van der Waals surface area (Å²) in [6, 6.07) is 11.6. The fourth-order valence-corrected chi connectivity index (χ4v) is 4.79. The fourth-order valence-electron chi connectivity index (χ4n) is 2.21. The third-order valence-electron chi connectivity index (χ3n) is 3.94. The van der Waals surface area contributed by atoms with Crippen molar-refractivity contribution in [1.82, 2.24) is 0 Å². The van der Waals surface area contributed by atoms with Crippen molar-refractivity contribution in [2.75, 3.05) is 0 Å². The Morgan fingerprint density at radius 3 is 1.80 bits per heavy atom. The standard InChI is InChI=1S/C16H26O3Si/c1-5-20(6-2,7-3)19-13-16-10-8-15(9-11-16)12-18-14(4)17/h8-11H,5-7,12-13H2,1-4H3. The van der Waals surface area contributed by atoms with Crippen LogP contribution in [-0.2, 0) is 27.2 Å². The van der Waals surface area contributed by atoms with Gasteiger partial charge in [-0.15, -0.1) is 0 Å². The lowest BCUT2D eigenvalue weighted by Gasteiger charge is -2.28. The van der Waals surface area contributed by atoms with Gasteiger partial charge in [0.25, 0.3) is 0 Å². The Morgan fingerprint density at radius 1 is 0.950 bits per heavy atom. The summed E-state index contributed by atoms with van der Waals surface area (Å²) in [5.74, 6) is -0.248. The molecule has 0 aliphatic carbocycles. The molecular weight excluding hydrogens is 268 g/mol. The van der Waals surface area contributed by atoms with Gasteiger partial charge in [-0.1, -0.05) is 45.0 Å². The summed E-state index contributed by atoms with van der Waals surface area (Å²) in [7, 11) is -1.51. The van der Waals surface area contributed by atoms with Crippen molar-refractivity contribution < 1.29 is 14.0 Å². The molecular formula is C16H26O3Si. The van der Waals surface area contributed by atoms with Gasteiger partial charge in [0.2, 0.25) is 0 Å². The molecule has 112 valence electrons. The number of esters is 1. The third kappa shape index (κ3) is 5.10. The first-order valence-electron chi connectivity index (χ1n) is 7.40. The van der Waals surface area contributed by atoms with Gasteiger partial charge in [-0.05, 0) is 29.3 Å². The summed E-state index contributed by atoms with van der Waals surface area (Å²) in [5, 5.41) is 0. The van der Waals surface area contributed by atoms with E-state index in [9.17, 15) is 4.79 Å². The molecule has 0 fully saturated rings.